The molecule has 22 heavy (non-hydrogen) atoms. The van der Waals surface area contributed by atoms with Crippen molar-refractivity contribution in [2.24, 2.45) is 17.3 Å². The van der Waals surface area contributed by atoms with E-state index in [4.69, 9.17) is 13.6 Å². The van der Waals surface area contributed by atoms with Gasteiger partial charge in [0.1, 0.15) is 5.78 Å². The first-order chi connectivity index (χ1) is 9.92. The minimum atomic E-state index is -3.59. The zero-order valence-corrected chi connectivity index (χ0v) is 15.9. The average molecular weight is 334 g/mol. The van der Waals surface area contributed by atoms with E-state index in [1.54, 1.807) is 6.92 Å². The highest BCUT2D eigenvalue weighted by Crippen LogP contribution is 2.59. The number of Topliss-reactive ketones (excluding diaryl/α,β-unsaturated/α-hetero) is 1. The summed E-state index contributed by atoms with van der Waals surface area (Å²) in [6.45, 7) is 14.3. The van der Waals surface area contributed by atoms with Crippen molar-refractivity contribution in [3.8, 4) is 0 Å². The third kappa shape index (κ3) is 4.89. The Kier molecular flexibility index (Phi) is 6.42. The molecule has 1 rings (SSSR count). The monoisotopic (exact) mass is 334 g/mol. The predicted molar refractivity (Wildman–Crippen MR) is 86.7 cm³/mol. The largest absolute Gasteiger partial charge is 0.475 e. The van der Waals surface area contributed by atoms with E-state index >= 15 is 0 Å². The first kappa shape index (κ1) is 19.8. The Hall–Kier alpha value is -0.220. The molecule has 1 aliphatic rings. The average Bonchev–Trinajstić information content (AvgIpc) is 2.38. The van der Waals surface area contributed by atoms with Crippen molar-refractivity contribution < 1.29 is 22.9 Å². The number of ketones is 1. The van der Waals surface area contributed by atoms with Crippen LogP contribution in [0, 0.1) is 17.3 Å². The summed E-state index contributed by atoms with van der Waals surface area (Å²) in [5.74, 6) is 0.263. The van der Waals surface area contributed by atoms with Gasteiger partial charge in [-0.15, -0.1) is 0 Å². The van der Waals surface area contributed by atoms with E-state index in [-0.39, 0.29) is 23.0 Å². The van der Waals surface area contributed by atoms with E-state index in [1.165, 1.54) is 0 Å². The van der Waals surface area contributed by atoms with Crippen LogP contribution >= 0.6 is 7.82 Å². The van der Waals surface area contributed by atoms with Gasteiger partial charge in [0.25, 0.3) is 0 Å². The maximum absolute atomic E-state index is 12.8. The van der Waals surface area contributed by atoms with Crippen LogP contribution in [0.3, 0.4) is 0 Å². The minimum Gasteiger partial charge on any atom is -0.300 e. The molecular weight excluding hydrogens is 303 g/mol. The van der Waals surface area contributed by atoms with Gasteiger partial charge in [-0.25, -0.2) is 4.57 Å². The Labute approximate surface area is 134 Å². The second-order valence-electron chi connectivity index (χ2n) is 7.72. The van der Waals surface area contributed by atoms with Crippen LogP contribution in [0.25, 0.3) is 0 Å². The summed E-state index contributed by atoms with van der Waals surface area (Å²) in [7, 11) is -3.59. The molecule has 0 N–H and O–H groups in total. The highest BCUT2D eigenvalue weighted by Gasteiger charge is 2.48. The van der Waals surface area contributed by atoms with Crippen LogP contribution in [0.1, 0.15) is 61.3 Å². The predicted octanol–water partition coefficient (Wildman–Crippen LogP) is 4.60. The smallest absolute Gasteiger partial charge is 0.300 e. The highest BCUT2D eigenvalue weighted by atomic mass is 31.2. The summed E-state index contributed by atoms with van der Waals surface area (Å²) in [6, 6.07) is 0. The van der Waals surface area contributed by atoms with E-state index in [0.29, 0.717) is 26.1 Å². The van der Waals surface area contributed by atoms with Crippen LogP contribution in [0.5, 0.6) is 0 Å². The van der Waals surface area contributed by atoms with Crippen LogP contribution in [0.15, 0.2) is 0 Å². The molecule has 0 saturated carbocycles. The Bertz CT molecular complexity index is 420. The second kappa shape index (κ2) is 7.12. The lowest BCUT2D eigenvalue weighted by atomic mass is 9.77. The van der Waals surface area contributed by atoms with Crippen molar-refractivity contribution in [1.82, 2.24) is 0 Å². The Balaban J connectivity index is 2.97. The van der Waals surface area contributed by atoms with Crippen molar-refractivity contribution in [2.45, 2.75) is 66.9 Å². The number of carbonyl (C=O) groups excluding carboxylic acids is 1. The molecule has 0 radical (unpaired) electrons. The van der Waals surface area contributed by atoms with Crippen molar-refractivity contribution in [1.29, 1.82) is 0 Å². The van der Waals surface area contributed by atoms with E-state index in [1.807, 2.05) is 41.5 Å². The third-order valence-electron chi connectivity index (χ3n) is 4.33. The van der Waals surface area contributed by atoms with Crippen molar-refractivity contribution in [3.05, 3.63) is 0 Å². The van der Waals surface area contributed by atoms with Gasteiger partial charge in [-0.3, -0.25) is 13.6 Å². The van der Waals surface area contributed by atoms with Crippen LogP contribution < -0.4 is 0 Å². The van der Waals surface area contributed by atoms with Crippen LogP contribution in [-0.4, -0.2) is 24.6 Å². The van der Waals surface area contributed by atoms with E-state index in [0.717, 1.165) is 0 Å². The molecule has 1 aliphatic heterocycles. The summed E-state index contributed by atoms with van der Waals surface area (Å²) in [4.78, 5) is 11.4. The van der Waals surface area contributed by atoms with Crippen LogP contribution in [-0.2, 0) is 22.9 Å². The van der Waals surface area contributed by atoms with Gasteiger partial charge in [0.15, 0.2) is 0 Å². The molecule has 0 unspecified atom stereocenters. The van der Waals surface area contributed by atoms with Gasteiger partial charge in [-0.2, -0.15) is 0 Å². The first-order valence-corrected chi connectivity index (χ1v) is 9.48. The van der Waals surface area contributed by atoms with Crippen LogP contribution in [0.2, 0.25) is 0 Å². The van der Waals surface area contributed by atoms with Crippen molar-refractivity contribution >= 4 is 13.6 Å². The molecule has 0 bridgehead atoms. The lowest BCUT2D eigenvalue weighted by molar-refractivity contribution is -0.121. The number of rotatable bonds is 7. The third-order valence-corrected chi connectivity index (χ3v) is 5.79. The zero-order valence-electron chi connectivity index (χ0n) is 15.0. The maximum Gasteiger partial charge on any atom is 0.475 e. The Morgan fingerprint density at radius 2 is 1.64 bits per heavy atom. The number of hydrogen-bond donors (Lipinski definition) is 0. The number of hydrogen-bond acceptors (Lipinski definition) is 5. The molecule has 0 amide bonds. The lowest BCUT2D eigenvalue weighted by Crippen LogP contribution is -2.44. The molecule has 130 valence electrons. The van der Waals surface area contributed by atoms with Gasteiger partial charge in [0.05, 0.1) is 18.8 Å². The molecule has 0 aliphatic carbocycles. The molecule has 0 aromatic heterocycles. The topological polar surface area (TPSA) is 61.8 Å². The number of phosphoric ester groups is 1. The van der Waals surface area contributed by atoms with Crippen LogP contribution in [0.4, 0.5) is 0 Å². The Morgan fingerprint density at radius 1 is 1.18 bits per heavy atom. The van der Waals surface area contributed by atoms with E-state index in [9.17, 15) is 9.36 Å². The fraction of sp³-hybridized carbons (Fsp3) is 0.938. The molecule has 0 spiro atoms. The van der Waals surface area contributed by atoms with Gasteiger partial charge >= 0.3 is 7.82 Å². The fourth-order valence-electron chi connectivity index (χ4n) is 2.72. The maximum atomic E-state index is 12.8. The summed E-state index contributed by atoms with van der Waals surface area (Å²) >= 11 is 0. The second-order valence-corrected chi connectivity index (χ2v) is 9.31. The summed E-state index contributed by atoms with van der Waals surface area (Å²) in [6.07, 6.45) is 0.902. The lowest BCUT2D eigenvalue weighted by Gasteiger charge is -2.44. The zero-order chi connectivity index (χ0) is 17.2. The molecule has 1 fully saturated rings. The molecule has 5 nitrogen and oxygen atoms in total. The fourth-order valence-corrected chi connectivity index (χ4v) is 4.84. The number of phosphoric acid groups is 1. The molecule has 0 aromatic carbocycles. The normalized spacial score (nSPS) is 21.3. The van der Waals surface area contributed by atoms with Gasteiger partial charge in [-0.1, -0.05) is 41.5 Å². The summed E-state index contributed by atoms with van der Waals surface area (Å²) in [5.41, 5.74) is -0.877. The molecular formula is C16H31O5P. The molecule has 6 heteroatoms. The van der Waals surface area contributed by atoms with Gasteiger partial charge in [0.2, 0.25) is 0 Å². The van der Waals surface area contributed by atoms with Gasteiger partial charge in [0, 0.05) is 11.8 Å². The summed E-state index contributed by atoms with van der Waals surface area (Å²) < 4.78 is 29.8. The quantitative estimate of drug-likeness (QED) is 0.637. The highest BCUT2D eigenvalue weighted by molar-refractivity contribution is 7.48. The minimum absolute atomic E-state index is 0.0832. The Morgan fingerprint density at radius 3 is 2.00 bits per heavy atom. The number of carbonyl (C=O) groups is 1. The molecule has 0 aromatic rings. The van der Waals surface area contributed by atoms with Crippen molar-refractivity contribution in [2.75, 3.05) is 13.2 Å². The van der Waals surface area contributed by atoms with E-state index in [2.05, 4.69) is 0 Å². The molecule has 1 saturated heterocycles. The SMILES string of the molecule is CC(=O)CCC(OP1(=O)OCC(C)(C)CO1)(C(C)C)C(C)C. The standard InChI is InChI=1S/C16H31O5P/c1-12(2)16(13(3)4,9-8-14(5)17)21-22(18)19-10-15(6,7)11-20-22/h12-13H,8-11H2,1-7H3. The van der Waals surface area contributed by atoms with Gasteiger partial charge in [-0.05, 0) is 25.2 Å². The van der Waals surface area contributed by atoms with Crippen molar-refractivity contribution in [3.63, 3.8) is 0 Å². The van der Waals surface area contributed by atoms with Gasteiger partial charge < -0.3 is 4.79 Å². The molecule has 1 heterocycles. The summed E-state index contributed by atoms with van der Waals surface area (Å²) in [5, 5.41) is 0. The first-order valence-electron chi connectivity index (χ1n) is 8.02. The van der Waals surface area contributed by atoms with E-state index < -0.39 is 13.4 Å². The molecule has 0 atom stereocenters.